The molecule has 0 spiro atoms. The lowest BCUT2D eigenvalue weighted by Crippen LogP contribution is -2.33. The molecule has 0 N–H and O–H groups in total. The average Bonchev–Trinajstić information content (AvgIpc) is 3.13. The lowest BCUT2D eigenvalue weighted by Gasteiger charge is -2.20. The zero-order chi connectivity index (χ0) is 12.3. The molecular formula is C14H14FNO. The van der Waals surface area contributed by atoms with Crippen molar-refractivity contribution < 1.29 is 9.18 Å². The average molecular weight is 231 g/mol. The van der Waals surface area contributed by atoms with Gasteiger partial charge in [0.05, 0.1) is 6.54 Å². The Hall–Kier alpha value is -1.82. The lowest BCUT2D eigenvalue weighted by atomic mass is 10.2. The van der Waals surface area contributed by atoms with Gasteiger partial charge in [0, 0.05) is 12.1 Å². The molecule has 0 saturated heterocycles. The van der Waals surface area contributed by atoms with Crippen molar-refractivity contribution in [3.63, 3.8) is 0 Å². The molecule has 1 aliphatic carbocycles. The third-order valence-corrected chi connectivity index (χ3v) is 2.84. The fourth-order valence-corrected chi connectivity index (χ4v) is 1.72. The highest BCUT2D eigenvalue weighted by Crippen LogP contribution is 2.30. The number of rotatable bonds is 4. The molecule has 0 unspecified atom stereocenters. The Labute approximate surface area is 100 Å². The molecule has 1 aliphatic rings. The number of hydrogen-bond donors (Lipinski definition) is 0. The van der Waals surface area contributed by atoms with Gasteiger partial charge in [0.15, 0.2) is 0 Å². The number of halogens is 1. The van der Waals surface area contributed by atoms with E-state index in [1.807, 2.05) is 0 Å². The van der Waals surface area contributed by atoms with Crippen molar-refractivity contribution in [2.75, 3.05) is 13.1 Å². The summed E-state index contributed by atoms with van der Waals surface area (Å²) in [5.74, 6) is 2.63. The molecule has 0 heterocycles. The summed E-state index contributed by atoms with van der Waals surface area (Å²) in [6.45, 7) is 1.02. The van der Waals surface area contributed by atoms with Crippen LogP contribution in [0.1, 0.15) is 23.2 Å². The lowest BCUT2D eigenvalue weighted by molar-refractivity contribution is 0.0770. The van der Waals surface area contributed by atoms with E-state index >= 15 is 0 Å². The van der Waals surface area contributed by atoms with E-state index in [2.05, 4.69) is 5.92 Å². The quantitative estimate of drug-likeness (QED) is 0.728. The highest BCUT2D eigenvalue weighted by Gasteiger charge is 2.26. The van der Waals surface area contributed by atoms with Gasteiger partial charge in [0.1, 0.15) is 5.82 Å². The Balaban J connectivity index is 2.09. The molecule has 1 aromatic rings. The van der Waals surface area contributed by atoms with E-state index in [0.717, 1.165) is 12.8 Å². The minimum Gasteiger partial charge on any atom is -0.327 e. The first-order chi connectivity index (χ1) is 8.20. The van der Waals surface area contributed by atoms with Crippen LogP contribution < -0.4 is 0 Å². The Morgan fingerprint density at radius 3 is 2.59 bits per heavy atom. The number of terminal acetylenes is 1. The minimum absolute atomic E-state index is 0.116. The minimum atomic E-state index is -0.341. The van der Waals surface area contributed by atoms with E-state index in [-0.39, 0.29) is 11.7 Å². The van der Waals surface area contributed by atoms with Crippen molar-refractivity contribution in [2.45, 2.75) is 12.8 Å². The van der Waals surface area contributed by atoms with Crippen molar-refractivity contribution in [3.05, 3.63) is 35.6 Å². The number of benzene rings is 1. The molecule has 1 saturated carbocycles. The largest absolute Gasteiger partial charge is 0.327 e. The van der Waals surface area contributed by atoms with Crippen LogP contribution in [-0.4, -0.2) is 23.9 Å². The van der Waals surface area contributed by atoms with E-state index in [1.165, 1.54) is 24.3 Å². The van der Waals surface area contributed by atoms with E-state index in [1.54, 1.807) is 4.90 Å². The van der Waals surface area contributed by atoms with Gasteiger partial charge in [-0.2, -0.15) is 0 Å². The molecule has 1 fully saturated rings. The van der Waals surface area contributed by atoms with Crippen molar-refractivity contribution in [1.29, 1.82) is 0 Å². The fraction of sp³-hybridized carbons (Fsp3) is 0.357. The molecule has 2 rings (SSSR count). The maximum atomic E-state index is 12.8. The van der Waals surface area contributed by atoms with Gasteiger partial charge < -0.3 is 4.90 Å². The summed E-state index contributed by atoms with van der Waals surface area (Å²) in [6.07, 6.45) is 7.59. The number of carbonyl (C=O) groups is 1. The van der Waals surface area contributed by atoms with Gasteiger partial charge in [0.25, 0.3) is 5.91 Å². The normalized spacial score (nSPS) is 14.1. The Morgan fingerprint density at radius 1 is 1.41 bits per heavy atom. The van der Waals surface area contributed by atoms with Gasteiger partial charge >= 0.3 is 0 Å². The molecule has 0 bridgehead atoms. The molecule has 88 valence electrons. The van der Waals surface area contributed by atoms with Crippen molar-refractivity contribution in [1.82, 2.24) is 4.90 Å². The molecule has 0 atom stereocenters. The first-order valence-corrected chi connectivity index (χ1v) is 5.69. The third-order valence-electron chi connectivity index (χ3n) is 2.84. The fourth-order valence-electron chi connectivity index (χ4n) is 1.72. The summed E-state index contributed by atoms with van der Waals surface area (Å²) in [5, 5.41) is 0. The van der Waals surface area contributed by atoms with Gasteiger partial charge in [-0.25, -0.2) is 4.39 Å². The zero-order valence-electron chi connectivity index (χ0n) is 9.53. The van der Waals surface area contributed by atoms with E-state index in [0.29, 0.717) is 24.6 Å². The van der Waals surface area contributed by atoms with Crippen LogP contribution >= 0.6 is 0 Å². The van der Waals surface area contributed by atoms with Crippen LogP contribution in [0.2, 0.25) is 0 Å². The van der Waals surface area contributed by atoms with Gasteiger partial charge in [-0.1, -0.05) is 5.92 Å². The van der Waals surface area contributed by atoms with Gasteiger partial charge in [-0.3, -0.25) is 4.79 Å². The summed E-state index contributed by atoms with van der Waals surface area (Å²) >= 11 is 0. The van der Waals surface area contributed by atoms with Crippen LogP contribution in [-0.2, 0) is 0 Å². The zero-order valence-corrected chi connectivity index (χ0v) is 9.53. The molecule has 1 aromatic carbocycles. The molecule has 0 radical (unpaired) electrons. The molecular weight excluding hydrogens is 217 g/mol. The number of hydrogen-bond acceptors (Lipinski definition) is 1. The highest BCUT2D eigenvalue weighted by atomic mass is 19.1. The number of amides is 1. The molecule has 1 amide bonds. The SMILES string of the molecule is C#CCN(CC1CC1)C(=O)c1ccc(F)cc1. The molecule has 17 heavy (non-hydrogen) atoms. The van der Waals surface area contributed by atoms with Crippen LogP contribution in [0, 0.1) is 24.1 Å². The van der Waals surface area contributed by atoms with Gasteiger partial charge in [-0.15, -0.1) is 6.42 Å². The third kappa shape index (κ3) is 3.07. The predicted molar refractivity (Wildman–Crippen MR) is 63.9 cm³/mol. The highest BCUT2D eigenvalue weighted by molar-refractivity contribution is 5.94. The maximum Gasteiger partial charge on any atom is 0.254 e. The second-order valence-corrected chi connectivity index (χ2v) is 4.34. The van der Waals surface area contributed by atoms with Crippen LogP contribution in [0.4, 0.5) is 4.39 Å². The topological polar surface area (TPSA) is 20.3 Å². The van der Waals surface area contributed by atoms with Crippen molar-refractivity contribution in [3.8, 4) is 12.3 Å². The van der Waals surface area contributed by atoms with Crippen LogP contribution in [0.25, 0.3) is 0 Å². The van der Waals surface area contributed by atoms with E-state index in [9.17, 15) is 9.18 Å². The van der Waals surface area contributed by atoms with Crippen LogP contribution in [0.3, 0.4) is 0 Å². The monoisotopic (exact) mass is 231 g/mol. The van der Waals surface area contributed by atoms with Gasteiger partial charge in [-0.05, 0) is 43.0 Å². The van der Waals surface area contributed by atoms with Crippen molar-refractivity contribution in [2.24, 2.45) is 5.92 Å². The summed E-state index contributed by atoms with van der Waals surface area (Å²) in [5.41, 5.74) is 0.488. The van der Waals surface area contributed by atoms with E-state index < -0.39 is 0 Å². The summed E-state index contributed by atoms with van der Waals surface area (Å²) in [4.78, 5) is 13.8. The smallest absolute Gasteiger partial charge is 0.254 e. The first-order valence-electron chi connectivity index (χ1n) is 5.69. The molecule has 2 nitrogen and oxygen atoms in total. The molecule has 3 heteroatoms. The van der Waals surface area contributed by atoms with Crippen LogP contribution in [0.5, 0.6) is 0 Å². The summed E-state index contributed by atoms with van der Waals surface area (Å²) < 4.78 is 12.8. The Bertz CT molecular complexity index is 442. The standard InChI is InChI=1S/C14H14FNO/c1-2-9-16(10-11-3-4-11)14(17)12-5-7-13(15)8-6-12/h1,5-8,11H,3-4,9-10H2. The second kappa shape index (κ2) is 5.01. The molecule has 0 aromatic heterocycles. The van der Waals surface area contributed by atoms with Crippen molar-refractivity contribution >= 4 is 5.91 Å². The second-order valence-electron chi connectivity index (χ2n) is 4.34. The Morgan fingerprint density at radius 2 is 2.06 bits per heavy atom. The Kier molecular flexibility index (Phi) is 3.43. The van der Waals surface area contributed by atoms with Crippen LogP contribution in [0.15, 0.2) is 24.3 Å². The number of carbonyl (C=O) groups excluding carboxylic acids is 1. The summed E-state index contributed by atoms with van der Waals surface area (Å²) in [6, 6.07) is 5.57. The van der Waals surface area contributed by atoms with Gasteiger partial charge in [0.2, 0.25) is 0 Å². The first kappa shape index (κ1) is 11.7. The van der Waals surface area contributed by atoms with E-state index in [4.69, 9.17) is 6.42 Å². The summed E-state index contributed by atoms with van der Waals surface area (Å²) in [7, 11) is 0. The molecule has 0 aliphatic heterocycles. The predicted octanol–water partition coefficient (Wildman–Crippen LogP) is 2.31. The number of nitrogens with zero attached hydrogens (tertiary/aromatic N) is 1. The maximum absolute atomic E-state index is 12.8.